The van der Waals surface area contributed by atoms with Crippen molar-refractivity contribution in [2.24, 2.45) is 0 Å². The van der Waals surface area contributed by atoms with Crippen LogP contribution in [0.4, 0.5) is 0 Å². The van der Waals surface area contributed by atoms with E-state index in [1.54, 1.807) is 0 Å². The van der Waals surface area contributed by atoms with Crippen molar-refractivity contribution in [2.75, 3.05) is 13.6 Å². The summed E-state index contributed by atoms with van der Waals surface area (Å²) in [5.41, 5.74) is 2.21. The van der Waals surface area contributed by atoms with Gasteiger partial charge in [0.2, 0.25) is 19.1 Å². The molecule has 3 heterocycles. The van der Waals surface area contributed by atoms with Crippen molar-refractivity contribution in [3.63, 3.8) is 0 Å². The fourth-order valence-corrected chi connectivity index (χ4v) is 4.74. The average Bonchev–Trinajstić information content (AvgIpc) is 3.52. The number of benzene rings is 4. The van der Waals surface area contributed by atoms with Gasteiger partial charge in [0.25, 0.3) is 6.73 Å². The van der Waals surface area contributed by atoms with Crippen LogP contribution in [0.1, 0.15) is 5.56 Å². The number of ether oxygens (including phenoxy) is 5. The third-order valence-corrected chi connectivity index (χ3v) is 6.27. The Bertz CT molecular complexity index is 1550. The van der Waals surface area contributed by atoms with Gasteiger partial charge in [-0.3, -0.25) is 0 Å². The Hall–Kier alpha value is -3.74. The largest absolute Gasteiger partial charge is 1.00 e. The van der Waals surface area contributed by atoms with Gasteiger partial charge < -0.3 is 36.1 Å². The molecule has 0 bridgehead atoms. The minimum Gasteiger partial charge on any atom is -1.00 e. The Balaban J connectivity index is 0.00000217. The Morgan fingerprint density at radius 2 is 1.47 bits per heavy atom. The average molecular weight is 474 g/mol. The summed E-state index contributed by atoms with van der Waals surface area (Å²) in [4.78, 5) is 0. The van der Waals surface area contributed by atoms with Crippen molar-refractivity contribution in [3.8, 4) is 23.0 Å². The maximum atomic E-state index is 6.16. The molecular formula is C27H20ClNO5. The molecule has 7 rings (SSSR count). The molecule has 0 saturated carbocycles. The van der Waals surface area contributed by atoms with E-state index >= 15 is 0 Å². The third kappa shape index (κ3) is 3.26. The van der Waals surface area contributed by atoms with Gasteiger partial charge in [0.15, 0.2) is 29.2 Å². The van der Waals surface area contributed by atoms with Crippen LogP contribution in [0, 0.1) is 0 Å². The number of aromatic nitrogens is 1. The van der Waals surface area contributed by atoms with E-state index in [1.165, 1.54) is 0 Å². The van der Waals surface area contributed by atoms with E-state index in [0.717, 1.165) is 61.0 Å². The second-order valence-corrected chi connectivity index (χ2v) is 8.21. The topological polar surface area (TPSA) is 50.0 Å². The molecule has 1 aromatic heterocycles. The van der Waals surface area contributed by atoms with Crippen LogP contribution in [-0.2, 0) is 18.1 Å². The zero-order chi connectivity index (χ0) is 21.8. The van der Waals surface area contributed by atoms with Crippen LogP contribution in [0.5, 0.6) is 23.0 Å². The first-order valence-electron chi connectivity index (χ1n) is 10.9. The predicted octanol–water partition coefficient (Wildman–Crippen LogP) is 2.07. The lowest BCUT2D eigenvalue weighted by Crippen LogP contribution is -3.00. The number of rotatable bonds is 4. The molecule has 6 nitrogen and oxygen atoms in total. The number of hydrogen-bond acceptors (Lipinski definition) is 5. The number of hydrogen-bond donors (Lipinski definition) is 0. The lowest BCUT2D eigenvalue weighted by Gasteiger charge is -2.11. The van der Waals surface area contributed by atoms with E-state index in [1.807, 2.05) is 30.3 Å². The van der Waals surface area contributed by atoms with Crippen LogP contribution in [0.3, 0.4) is 0 Å². The fourth-order valence-electron chi connectivity index (χ4n) is 4.74. The molecule has 0 N–H and O–H groups in total. The van der Waals surface area contributed by atoms with Crippen molar-refractivity contribution in [1.29, 1.82) is 0 Å². The smallest absolute Gasteiger partial charge is 0.253 e. The second kappa shape index (κ2) is 8.24. The molecule has 0 amide bonds. The first-order chi connectivity index (χ1) is 16.3. The molecule has 2 aliphatic rings. The van der Waals surface area contributed by atoms with Gasteiger partial charge in [-0.15, -0.1) is 0 Å². The maximum Gasteiger partial charge on any atom is 0.253 e. The molecule has 4 aromatic carbocycles. The van der Waals surface area contributed by atoms with Gasteiger partial charge in [-0.25, -0.2) is 0 Å². The van der Waals surface area contributed by atoms with E-state index in [0.29, 0.717) is 13.3 Å². The molecular weight excluding hydrogens is 454 g/mol. The zero-order valence-electron chi connectivity index (χ0n) is 18.1. The summed E-state index contributed by atoms with van der Waals surface area (Å²) in [6.07, 6.45) is 2.10. The van der Waals surface area contributed by atoms with Gasteiger partial charge in [-0.2, -0.15) is 4.57 Å². The van der Waals surface area contributed by atoms with E-state index in [2.05, 4.69) is 47.2 Å². The summed E-state index contributed by atoms with van der Waals surface area (Å²) in [7, 11) is 0. The number of fused-ring (bicyclic) bond motifs is 8. The van der Waals surface area contributed by atoms with E-state index in [4.69, 9.17) is 23.7 Å². The Labute approximate surface area is 201 Å². The quantitative estimate of drug-likeness (QED) is 0.295. The fraction of sp³-hybridized carbons (Fsp3) is 0.148. The molecule has 0 spiro atoms. The highest BCUT2D eigenvalue weighted by molar-refractivity contribution is 6.15. The molecule has 2 aliphatic heterocycles. The third-order valence-electron chi connectivity index (χ3n) is 6.27. The van der Waals surface area contributed by atoms with Gasteiger partial charge in [-0.1, -0.05) is 36.4 Å². The lowest BCUT2D eigenvalue weighted by molar-refractivity contribution is -0.708. The number of pyridine rings is 1. The van der Waals surface area contributed by atoms with Crippen LogP contribution in [-0.4, -0.2) is 13.6 Å². The van der Waals surface area contributed by atoms with Crippen LogP contribution < -0.4 is 35.9 Å². The molecule has 0 fully saturated rings. The van der Waals surface area contributed by atoms with Crippen LogP contribution in [0.15, 0.2) is 72.9 Å². The van der Waals surface area contributed by atoms with E-state index in [9.17, 15) is 0 Å². The molecule has 7 heteroatoms. The van der Waals surface area contributed by atoms with Crippen molar-refractivity contribution in [3.05, 3.63) is 78.5 Å². The Kier molecular flexibility index (Phi) is 5.05. The van der Waals surface area contributed by atoms with Crippen molar-refractivity contribution >= 4 is 32.4 Å². The molecule has 0 aliphatic carbocycles. The van der Waals surface area contributed by atoms with Gasteiger partial charge in [0.05, 0.1) is 22.8 Å². The number of halogens is 1. The van der Waals surface area contributed by atoms with Gasteiger partial charge >= 0.3 is 0 Å². The molecule has 0 atom stereocenters. The molecule has 170 valence electrons. The first kappa shape index (κ1) is 20.8. The molecule has 0 saturated heterocycles. The molecule has 34 heavy (non-hydrogen) atoms. The predicted molar refractivity (Wildman–Crippen MR) is 123 cm³/mol. The maximum absolute atomic E-state index is 6.16. The summed E-state index contributed by atoms with van der Waals surface area (Å²) in [5, 5.41) is 5.39. The minimum absolute atomic E-state index is 0. The lowest BCUT2D eigenvalue weighted by atomic mass is 10.00. The first-order valence-corrected chi connectivity index (χ1v) is 10.9. The second-order valence-electron chi connectivity index (χ2n) is 8.21. The molecule has 0 unspecified atom stereocenters. The monoisotopic (exact) mass is 473 g/mol. The highest BCUT2D eigenvalue weighted by Crippen LogP contribution is 2.43. The van der Waals surface area contributed by atoms with Crippen molar-refractivity contribution in [1.82, 2.24) is 0 Å². The van der Waals surface area contributed by atoms with Gasteiger partial charge in [-0.05, 0) is 41.3 Å². The summed E-state index contributed by atoms with van der Waals surface area (Å²) in [5.74, 6) is 3.08. The summed E-state index contributed by atoms with van der Waals surface area (Å²) >= 11 is 0. The van der Waals surface area contributed by atoms with E-state index < -0.39 is 0 Å². The normalized spacial score (nSPS) is 13.5. The standard InChI is InChI=1S/C27H20NO5.ClH/c1-2-4-17(5-3-1)13-29-14-28-12-22-19(8-9-23-27(22)33-16-30-23)20-7-6-18-10-24-25(32-15-31-24)11-21(18)26(20)28;/h1-12H,13-16H2;1H/q+1;/p-1. The Morgan fingerprint density at radius 1 is 0.706 bits per heavy atom. The Morgan fingerprint density at radius 3 is 2.35 bits per heavy atom. The minimum atomic E-state index is 0. The van der Waals surface area contributed by atoms with Gasteiger partial charge in [0, 0.05) is 5.39 Å². The number of nitrogens with zero attached hydrogens (tertiary/aromatic N) is 1. The zero-order valence-corrected chi connectivity index (χ0v) is 18.9. The summed E-state index contributed by atoms with van der Waals surface area (Å²) in [6, 6.07) is 22.6. The summed E-state index contributed by atoms with van der Waals surface area (Å²) in [6.45, 7) is 1.39. The molecule has 0 radical (unpaired) electrons. The highest BCUT2D eigenvalue weighted by atomic mass is 35.5. The van der Waals surface area contributed by atoms with E-state index in [-0.39, 0.29) is 26.0 Å². The van der Waals surface area contributed by atoms with Gasteiger partial charge in [0.1, 0.15) is 0 Å². The van der Waals surface area contributed by atoms with Crippen molar-refractivity contribution < 1.29 is 40.7 Å². The van der Waals surface area contributed by atoms with Crippen molar-refractivity contribution in [2.45, 2.75) is 13.3 Å². The van der Waals surface area contributed by atoms with Crippen LogP contribution >= 0.6 is 0 Å². The highest BCUT2D eigenvalue weighted by Gasteiger charge is 2.25. The molecule has 5 aromatic rings. The van der Waals surface area contributed by atoms with Crippen LogP contribution in [0.2, 0.25) is 0 Å². The summed E-state index contributed by atoms with van der Waals surface area (Å²) < 4.78 is 31.0. The SMILES string of the molecule is [Cl-].c1ccc(COC[n+]2cc3c4c(ccc3c3ccc5cc6c(cc5c32)OCO6)OCO4)cc1. The van der Waals surface area contributed by atoms with Crippen LogP contribution in [0.25, 0.3) is 32.4 Å².